The predicted molar refractivity (Wildman–Crippen MR) is 59.6 cm³/mol. The first-order valence-electron chi connectivity index (χ1n) is 5.12. The van der Waals surface area contributed by atoms with Gasteiger partial charge in [-0.2, -0.15) is 0 Å². The van der Waals surface area contributed by atoms with E-state index in [0.717, 1.165) is 23.8 Å². The molecule has 0 aliphatic carbocycles. The van der Waals surface area contributed by atoms with Crippen molar-refractivity contribution in [2.75, 3.05) is 0 Å². The summed E-state index contributed by atoms with van der Waals surface area (Å²) in [5, 5.41) is 10.6. The molecule has 0 heterocycles. The van der Waals surface area contributed by atoms with Crippen molar-refractivity contribution in [1.29, 1.82) is 0 Å². The van der Waals surface area contributed by atoms with E-state index in [1.54, 1.807) is 18.2 Å². The SMILES string of the molecule is CCCc1ccc2cc(O)ccc2c1F. The second-order valence-electron chi connectivity index (χ2n) is 3.69. The maximum Gasteiger partial charge on any atom is 0.134 e. The Morgan fingerprint density at radius 3 is 2.73 bits per heavy atom. The van der Waals surface area contributed by atoms with Gasteiger partial charge >= 0.3 is 0 Å². The van der Waals surface area contributed by atoms with Crippen LogP contribution >= 0.6 is 0 Å². The summed E-state index contributed by atoms with van der Waals surface area (Å²) in [5.41, 5.74) is 0.746. The van der Waals surface area contributed by atoms with Crippen molar-refractivity contribution in [2.24, 2.45) is 0 Å². The summed E-state index contributed by atoms with van der Waals surface area (Å²) in [4.78, 5) is 0. The van der Waals surface area contributed by atoms with Gasteiger partial charge in [0, 0.05) is 5.39 Å². The molecular formula is C13H13FO. The number of fused-ring (bicyclic) bond motifs is 1. The van der Waals surface area contributed by atoms with E-state index < -0.39 is 0 Å². The van der Waals surface area contributed by atoms with Crippen LogP contribution in [0.15, 0.2) is 30.3 Å². The molecule has 15 heavy (non-hydrogen) atoms. The van der Waals surface area contributed by atoms with Crippen LogP contribution in [0.5, 0.6) is 5.75 Å². The number of rotatable bonds is 2. The fraction of sp³-hybridized carbons (Fsp3) is 0.231. The second kappa shape index (κ2) is 3.89. The maximum atomic E-state index is 13.9. The molecule has 0 aromatic heterocycles. The zero-order valence-electron chi connectivity index (χ0n) is 8.63. The first-order chi connectivity index (χ1) is 7.22. The van der Waals surface area contributed by atoms with Crippen LogP contribution in [0.4, 0.5) is 4.39 Å². The summed E-state index contributed by atoms with van der Waals surface area (Å²) >= 11 is 0. The Morgan fingerprint density at radius 1 is 1.20 bits per heavy atom. The van der Waals surface area contributed by atoms with Crippen LogP contribution in [0.25, 0.3) is 10.8 Å². The molecule has 0 saturated heterocycles. The van der Waals surface area contributed by atoms with Gasteiger partial charge in [0.2, 0.25) is 0 Å². The largest absolute Gasteiger partial charge is 0.508 e. The van der Waals surface area contributed by atoms with E-state index in [2.05, 4.69) is 0 Å². The van der Waals surface area contributed by atoms with Gasteiger partial charge in [0.05, 0.1) is 0 Å². The maximum absolute atomic E-state index is 13.9. The number of hydrogen-bond donors (Lipinski definition) is 1. The average Bonchev–Trinajstić information content (AvgIpc) is 2.22. The van der Waals surface area contributed by atoms with Crippen molar-refractivity contribution < 1.29 is 9.50 Å². The molecule has 2 aromatic carbocycles. The first-order valence-corrected chi connectivity index (χ1v) is 5.12. The zero-order chi connectivity index (χ0) is 10.8. The molecule has 2 heteroatoms. The Kier molecular flexibility index (Phi) is 2.58. The smallest absolute Gasteiger partial charge is 0.134 e. The number of hydrogen-bond acceptors (Lipinski definition) is 1. The molecule has 2 rings (SSSR count). The summed E-state index contributed by atoms with van der Waals surface area (Å²) in [7, 11) is 0. The van der Waals surface area contributed by atoms with Crippen molar-refractivity contribution >= 4 is 10.8 Å². The lowest BCUT2D eigenvalue weighted by atomic mass is 10.0. The number of phenols is 1. The number of aryl methyl sites for hydroxylation is 1. The molecule has 0 radical (unpaired) electrons. The average molecular weight is 204 g/mol. The minimum Gasteiger partial charge on any atom is -0.508 e. The van der Waals surface area contributed by atoms with Gasteiger partial charge in [0.15, 0.2) is 0 Å². The third-order valence-corrected chi connectivity index (χ3v) is 2.54. The van der Waals surface area contributed by atoms with Crippen molar-refractivity contribution in [2.45, 2.75) is 19.8 Å². The van der Waals surface area contributed by atoms with Crippen molar-refractivity contribution in [3.63, 3.8) is 0 Å². The zero-order valence-corrected chi connectivity index (χ0v) is 8.63. The molecule has 0 atom stereocenters. The third kappa shape index (κ3) is 1.80. The van der Waals surface area contributed by atoms with Crippen molar-refractivity contribution in [1.82, 2.24) is 0 Å². The van der Waals surface area contributed by atoms with Gasteiger partial charge in [0.25, 0.3) is 0 Å². The quantitative estimate of drug-likeness (QED) is 0.791. The van der Waals surface area contributed by atoms with Gasteiger partial charge in [-0.3, -0.25) is 0 Å². The van der Waals surface area contributed by atoms with Gasteiger partial charge in [-0.1, -0.05) is 25.5 Å². The molecule has 1 nitrogen and oxygen atoms in total. The minimum atomic E-state index is -0.158. The van der Waals surface area contributed by atoms with Crippen LogP contribution in [-0.2, 0) is 6.42 Å². The van der Waals surface area contributed by atoms with E-state index in [1.807, 2.05) is 13.0 Å². The Labute approximate surface area is 88.2 Å². The van der Waals surface area contributed by atoms with Crippen LogP contribution < -0.4 is 0 Å². The van der Waals surface area contributed by atoms with Crippen LogP contribution in [0.3, 0.4) is 0 Å². The van der Waals surface area contributed by atoms with E-state index in [1.165, 1.54) is 6.07 Å². The van der Waals surface area contributed by atoms with Crippen LogP contribution in [0.2, 0.25) is 0 Å². The van der Waals surface area contributed by atoms with Gasteiger partial charge in [0.1, 0.15) is 11.6 Å². The van der Waals surface area contributed by atoms with Crippen LogP contribution in [0, 0.1) is 5.82 Å². The summed E-state index contributed by atoms with van der Waals surface area (Å²) in [6.45, 7) is 2.03. The molecular weight excluding hydrogens is 191 g/mol. The fourth-order valence-corrected chi connectivity index (χ4v) is 1.79. The summed E-state index contributed by atoms with van der Waals surface area (Å²) in [5.74, 6) is 0.0134. The summed E-state index contributed by atoms with van der Waals surface area (Å²) in [6, 6.07) is 8.36. The molecule has 0 aliphatic heterocycles. The molecule has 0 spiro atoms. The lowest BCUT2D eigenvalue weighted by molar-refractivity contribution is 0.476. The molecule has 0 bridgehead atoms. The van der Waals surface area contributed by atoms with Crippen LogP contribution in [-0.4, -0.2) is 5.11 Å². The standard InChI is InChI=1S/C13H13FO/c1-2-3-9-4-5-10-8-11(15)6-7-12(10)13(9)14/h4-8,15H,2-3H2,1H3. The van der Waals surface area contributed by atoms with Gasteiger partial charge in [-0.25, -0.2) is 4.39 Å². The van der Waals surface area contributed by atoms with E-state index in [-0.39, 0.29) is 11.6 Å². The molecule has 0 unspecified atom stereocenters. The molecule has 1 N–H and O–H groups in total. The summed E-state index contributed by atoms with van der Waals surface area (Å²) < 4.78 is 13.9. The molecule has 0 amide bonds. The Balaban J connectivity index is 2.63. The summed E-state index contributed by atoms with van der Waals surface area (Å²) in [6.07, 6.45) is 1.68. The highest BCUT2D eigenvalue weighted by atomic mass is 19.1. The highest BCUT2D eigenvalue weighted by Crippen LogP contribution is 2.25. The number of aromatic hydroxyl groups is 1. The fourth-order valence-electron chi connectivity index (χ4n) is 1.79. The van der Waals surface area contributed by atoms with Crippen molar-refractivity contribution in [3.05, 3.63) is 41.7 Å². The van der Waals surface area contributed by atoms with Crippen molar-refractivity contribution in [3.8, 4) is 5.75 Å². The molecule has 0 aliphatic rings. The van der Waals surface area contributed by atoms with E-state index in [0.29, 0.717) is 5.39 Å². The molecule has 78 valence electrons. The predicted octanol–water partition coefficient (Wildman–Crippen LogP) is 3.64. The highest BCUT2D eigenvalue weighted by Gasteiger charge is 2.06. The molecule has 0 saturated carbocycles. The first kappa shape index (κ1) is 9.97. The molecule has 2 aromatic rings. The van der Waals surface area contributed by atoms with Gasteiger partial charge in [-0.05, 0) is 35.6 Å². The third-order valence-electron chi connectivity index (χ3n) is 2.54. The van der Waals surface area contributed by atoms with Crippen LogP contribution in [0.1, 0.15) is 18.9 Å². The number of halogens is 1. The molecule has 0 fully saturated rings. The Morgan fingerprint density at radius 2 is 2.00 bits per heavy atom. The van der Waals surface area contributed by atoms with Gasteiger partial charge < -0.3 is 5.11 Å². The Bertz CT molecular complexity index is 491. The number of phenolic OH excluding ortho intramolecular Hbond substituents is 1. The second-order valence-corrected chi connectivity index (χ2v) is 3.69. The Hall–Kier alpha value is -1.57. The minimum absolute atomic E-state index is 0.158. The van der Waals surface area contributed by atoms with E-state index in [4.69, 9.17) is 0 Å². The van der Waals surface area contributed by atoms with E-state index in [9.17, 15) is 9.50 Å². The lowest BCUT2D eigenvalue weighted by Gasteiger charge is -2.05. The van der Waals surface area contributed by atoms with E-state index >= 15 is 0 Å². The highest BCUT2D eigenvalue weighted by molar-refractivity contribution is 5.85. The monoisotopic (exact) mass is 204 g/mol. The van der Waals surface area contributed by atoms with Gasteiger partial charge in [-0.15, -0.1) is 0 Å². The number of benzene rings is 2. The lowest BCUT2D eigenvalue weighted by Crippen LogP contribution is -1.90. The topological polar surface area (TPSA) is 20.2 Å². The normalized spacial score (nSPS) is 10.8.